The molecule has 0 fully saturated rings. The van der Waals surface area contributed by atoms with Crippen LogP contribution in [0.4, 0.5) is 0 Å². The molecule has 0 unspecified atom stereocenters. The molecular formula is C12H22N2O3. The summed E-state index contributed by atoms with van der Waals surface area (Å²) < 4.78 is 9.06. The van der Waals surface area contributed by atoms with E-state index in [0.717, 1.165) is 0 Å². The van der Waals surface area contributed by atoms with Gasteiger partial charge in [-0.2, -0.15) is 0 Å². The van der Waals surface area contributed by atoms with Crippen LogP contribution in [-0.4, -0.2) is 42.3 Å². The summed E-state index contributed by atoms with van der Waals surface area (Å²) in [4.78, 5) is 13.1. The average Bonchev–Trinajstić information content (AvgIpc) is 2.86. The van der Waals surface area contributed by atoms with E-state index in [4.69, 9.17) is 0 Å². The van der Waals surface area contributed by atoms with E-state index >= 15 is 0 Å². The van der Waals surface area contributed by atoms with Crippen molar-refractivity contribution < 1.29 is 14.1 Å². The third kappa shape index (κ3) is 6.73. The number of aromatic nitrogens is 1. The van der Waals surface area contributed by atoms with Gasteiger partial charge in [-0.15, -0.1) is 0 Å². The van der Waals surface area contributed by atoms with Gasteiger partial charge in [-0.25, -0.2) is 4.79 Å². The molecule has 0 aliphatic rings. The van der Waals surface area contributed by atoms with Gasteiger partial charge in [-0.05, 0) is 26.6 Å². The van der Waals surface area contributed by atoms with Crippen LogP contribution in [-0.2, 0) is 4.74 Å². The fourth-order valence-electron chi connectivity index (χ4n) is 1.19. The molecule has 0 bridgehead atoms. The van der Waals surface area contributed by atoms with Gasteiger partial charge in [-0.3, -0.25) is 0 Å². The van der Waals surface area contributed by atoms with Crippen molar-refractivity contribution in [3.05, 3.63) is 18.0 Å². The smallest absolute Gasteiger partial charge is 0.360 e. The number of esters is 1. The largest absolute Gasteiger partial charge is 0.461 e. The van der Waals surface area contributed by atoms with Gasteiger partial charge in [0.25, 0.3) is 0 Å². The third-order valence-corrected chi connectivity index (χ3v) is 2.26. The normalized spacial score (nSPS) is 9.71. The molecule has 1 rings (SSSR count). The molecule has 0 N–H and O–H groups in total. The van der Waals surface area contributed by atoms with Crippen LogP contribution in [0.5, 0.6) is 0 Å². The zero-order valence-electron chi connectivity index (χ0n) is 11.1. The van der Waals surface area contributed by atoms with Crippen LogP contribution in [0.2, 0.25) is 0 Å². The first-order chi connectivity index (χ1) is 8.19. The molecule has 1 aromatic rings. The van der Waals surface area contributed by atoms with Gasteiger partial charge >= 0.3 is 5.97 Å². The van der Waals surface area contributed by atoms with E-state index < -0.39 is 5.97 Å². The number of carbonyl (C=O) groups is 1. The first kappa shape index (κ1) is 15.6. The van der Waals surface area contributed by atoms with E-state index in [2.05, 4.69) is 40.1 Å². The van der Waals surface area contributed by atoms with E-state index in [1.165, 1.54) is 32.0 Å². The van der Waals surface area contributed by atoms with Crippen molar-refractivity contribution in [1.82, 2.24) is 10.1 Å². The van der Waals surface area contributed by atoms with Gasteiger partial charge in [0.2, 0.25) is 0 Å². The Balaban J connectivity index is 0.000000325. The Kier molecular flexibility index (Phi) is 9.05. The molecule has 0 spiro atoms. The second kappa shape index (κ2) is 9.84. The Morgan fingerprint density at radius 3 is 2.18 bits per heavy atom. The van der Waals surface area contributed by atoms with Gasteiger partial charge in [0.1, 0.15) is 6.26 Å². The number of rotatable bonds is 5. The lowest BCUT2D eigenvalue weighted by Gasteiger charge is -2.13. The molecule has 0 aliphatic carbocycles. The highest BCUT2D eigenvalue weighted by atomic mass is 16.5. The van der Waals surface area contributed by atoms with Crippen molar-refractivity contribution >= 4 is 5.97 Å². The number of carbonyl (C=O) groups excluding carboxylic acids is 1. The van der Waals surface area contributed by atoms with Gasteiger partial charge in [0.15, 0.2) is 5.69 Å². The fourth-order valence-corrected chi connectivity index (χ4v) is 1.19. The highest BCUT2D eigenvalue weighted by molar-refractivity contribution is 5.86. The predicted octanol–water partition coefficient (Wildman–Crippen LogP) is 2.20. The van der Waals surface area contributed by atoms with Crippen LogP contribution in [0.3, 0.4) is 0 Å². The second-order valence-corrected chi connectivity index (χ2v) is 3.22. The minimum Gasteiger partial charge on any atom is -0.461 e. The number of hydrogen-bond donors (Lipinski definition) is 0. The topological polar surface area (TPSA) is 55.6 Å². The molecule has 0 amide bonds. The molecular weight excluding hydrogens is 220 g/mol. The van der Waals surface area contributed by atoms with Crippen LogP contribution in [0.1, 0.15) is 38.2 Å². The summed E-state index contributed by atoms with van der Waals surface area (Å²) >= 11 is 0. The molecule has 5 nitrogen and oxygen atoms in total. The minimum atomic E-state index is -0.448. The Bertz CT molecular complexity index is 276. The first-order valence-electron chi connectivity index (χ1n) is 5.99. The Hall–Kier alpha value is -1.36. The highest BCUT2D eigenvalue weighted by Crippen LogP contribution is 1.96. The van der Waals surface area contributed by atoms with Crippen molar-refractivity contribution in [3.63, 3.8) is 0 Å². The predicted molar refractivity (Wildman–Crippen MR) is 65.9 cm³/mol. The van der Waals surface area contributed by atoms with Crippen LogP contribution in [0.15, 0.2) is 16.9 Å². The molecule has 1 heterocycles. The summed E-state index contributed by atoms with van der Waals surface area (Å²) in [6.07, 6.45) is 1.33. The van der Waals surface area contributed by atoms with Crippen LogP contribution in [0.25, 0.3) is 0 Å². The Morgan fingerprint density at radius 2 is 1.88 bits per heavy atom. The monoisotopic (exact) mass is 242 g/mol. The molecule has 5 heteroatoms. The van der Waals surface area contributed by atoms with Crippen molar-refractivity contribution in [2.75, 3.05) is 26.2 Å². The standard InChI is InChI=1S/C6H7NO3.C6H15N/c1-2-9-6(8)5-3-4-10-7-5;1-4-7(5-2)6-3/h3-4H,2H2,1H3;4-6H2,1-3H3. The molecule has 0 atom stereocenters. The second-order valence-electron chi connectivity index (χ2n) is 3.22. The molecule has 0 saturated carbocycles. The minimum absolute atomic E-state index is 0.210. The van der Waals surface area contributed by atoms with Gasteiger partial charge in [0.05, 0.1) is 6.61 Å². The fraction of sp³-hybridized carbons (Fsp3) is 0.667. The summed E-state index contributed by atoms with van der Waals surface area (Å²) in [6, 6.07) is 1.46. The summed E-state index contributed by atoms with van der Waals surface area (Å²) in [6.45, 7) is 12.2. The Labute approximate surface area is 103 Å². The van der Waals surface area contributed by atoms with Gasteiger partial charge < -0.3 is 14.2 Å². The van der Waals surface area contributed by atoms with E-state index in [-0.39, 0.29) is 5.69 Å². The maximum atomic E-state index is 10.8. The van der Waals surface area contributed by atoms with E-state index in [1.54, 1.807) is 6.92 Å². The lowest BCUT2D eigenvalue weighted by molar-refractivity contribution is 0.0514. The summed E-state index contributed by atoms with van der Waals surface area (Å²) in [5.74, 6) is -0.448. The van der Waals surface area contributed by atoms with E-state index in [9.17, 15) is 4.79 Å². The third-order valence-electron chi connectivity index (χ3n) is 2.26. The maximum Gasteiger partial charge on any atom is 0.360 e. The Morgan fingerprint density at radius 1 is 1.29 bits per heavy atom. The lowest BCUT2D eigenvalue weighted by Crippen LogP contribution is -2.21. The molecule has 0 radical (unpaired) electrons. The SMILES string of the molecule is CCN(CC)CC.CCOC(=O)c1ccon1. The van der Waals surface area contributed by atoms with Crippen molar-refractivity contribution in [2.45, 2.75) is 27.7 Å². The molecule has 0 aromatic carbocycles. The van der Waals surface area contributed by atoms with Gasteiger partial charge in [0, 0.05) is 6.07 Å². The van der Waals surface area contributed by atoms with Crippen LogP contribution < -0.4 is 0 Å². The van der Waals surface area contributed by atoms with Gasteiger partial charge in [-0.1, -0.05) is 25.9 Å². The molecule has 0 aliphatic heterocycles. The van der Waals surface area contributed by atoms with E-state index in [1.807, 2.05) is 0 Å². The van der Waals surface area contributed by atoms with Crippen LogP contribution in [0, 0.1) is 0 Å². The maximum absolute atomic E-state index is 10.8. The summed E-state index contributed by atoms with van der Waals surface area (Å²) in [5, 5.41) is 3.39. The average molecular weight is 242 g/mol. The summed E-state index contributed by atoms with van der Waals surface area (Å²) in [5.41, 5.74) is 0.210. The zero-order valence-corrected chi connectivity index (χ0v) is 11.1. The zero-order chi connectivity index (χ0) is 13.1. The lowest BCUT2D eigenvalue weighted by atomic mass is 10.4. The first-order valence-corrected chi connectivity index (χ1v) is 5.99. The summed E-state index contributed by atoms with van der Waals surface area (Å²) in [7, 11) is 0. The number of hydrogen-bond acceptors (Lipinski definition) is 5. The van der Waals surface area contributed by atoms with E-state index in [0.29, 0.717) is 6.61 Å². The molecule has 1 aromatic heterocycles. The van der Waals surface area contributed by atoms with Crippen LogP contribution >= 0.6 is 0 Å². The van der Waals surface area contributed by atoms with Crippen molar-refractivity contribution in [1.29, 1.82) is 0 Å². The number of nitrogens with zero attached hydrogens (tertiary/aromatic N) is 2. The number of ether oxygens (including phenoxy) is 1. The highest BCUT2D eigenvalue weighted by Gasteiger charge is 2.07. The molecule has 98 valence electrons. The quantitative estimate of drug-likeness (QED) is 0.741. The molecule has 0 saturated heterocycles. The van der Waals surface area contributed by atoms with Crippen molar-refractivity contribution in [2.24, 2.45) is 0 Å². The molecule has 17 heavy (non-hydrogen) atoms. The van der Waals surface area contributed by atoms with Crippen molar-refractivity contribution in [3.8, 4) is 0 Å².